The second-order valence-corrected chi connectivity index (χ2v) is 7.09. The van der Waals surface area contributed by atoms with E-state index in [1.54, 1.807) is 24.4 Å². The number of benzene rings is 2. The molecule has 6 heteroatoms. The summed E-state index contributed by atoms with van der Waals surface area (Å²) in [4.78, 5) is 19.5. The predicted molar refractivity (Wildman–Crippen MR) is 107 cm³/mol. The topological polar surface area (TPSA) is 72.3 Å². The normalized spacial score (nSPS) is 10.5. The van der Waals surface area contributed by atoms with Crippen LogP contribution in [-0.4, -0.2) is 21.0 Å². The molecular weight excluding hydrogens is 443 g/mol. The van der Waals surface area contributed by atoms with E-state index in [-0.39, 0.29) is 6.42 Å². The first-order chi connectivity index (χ1) is 12.5. The average molecular weight is 460 g/mol. The van der Waals surface area contributed by atoms with Gasteiger partial charge in [0.05, 0.1) is 6.42 Å². The molecular formula is C20H17IN2O3. The van der Waals surface area contributed by atoms with E-state index in [1.165, 1.54) is 9.13 Å². The van der Waals surface area contributed by atoms with Gasteiger partial charge in [-0.3, -0.25) is 4.79 Å². The van der Waals surface area contributed by atoms with E-state index < -0.39 is 5.97 Å². The van der Waals surface area contributed by atoms with Crippen molar-refractivity contribution in [2.24, 2.45) is 0 Å². The number of carbonyl (C=O) groups is 1. The lowest BCUT2D eigenvalue weighted by molar-refractivity contribution is -0.136. The SMILES string of the molecule is Cc1cc(I)ccc1COc1ccnc(-c2ccc(CC(=O)O)cc2)n1. The molecule has 26 heavy (non-hydrogen) atoms. The number of hydrogen-bond donors (Lipinski definition) is 1. The molecule has 1 aromatic heterocycles. The highest BCUT2D eigenvalue weighted by Crippen LogP contribution is 2.20. The van der Waals surface area contributed by atoms with Crippen molar-refractivity contribution in [1.82, 2.24) is 9.97 Å². The quantitative estimate of drug-likeness (QED) is 0.557. The van der Waals surface area contributed by atoms with Crippen molar-refractivity contribution in [3.8, 4) is 17.3 Å². The highest BCUT2D eigenvalue weighted by atomic mass is 127. The number of halogens is 1. The highest BCUT2D eigenvalue weighted by Gasteiger charge is 2.07. The largest absolute Gasteiger partial charge is 0.481 e. The Bertz CT molecular complexity index is 927. The van der Waals surface area contributed by atoms with Crippen LogP contribution in [-0.2, 0) is 17.8 Å². The van der Waals surface area contributed by atoms with Gasteiger partial charge in [0.15, 0.2) is 5.82 Å². The molecule has 0 aliphatic heterocycles. The fraction of sp³-hybridized carbons (Fsp3) is 0.150. The third-order valence-electron chi connectivity index (χ3n) is 3.88. The second-order valence-electron chi connectivity index (χ2n) is 5.85. The number of aromatic nitrogens is 2. The maximum atomic E-state index is 10.8. The molecule has 3 rings (SSSR count). The monoisotopic (exact) mass is 460 g/mol. The molecule has 0 saturated heterocycles. The van der Waals surface area contributed by atoms with Gasteiger partial charge in [-0.1, -0.05) is 30.3 Å². The number of carboxylic acids is 1. The summed E-state index contributed by atoms with van der Waals surface area (Å²) >= 11 is 2.29. The molecule has 0 unspecified atom stereocenters. The predicted octanol–water partition coefficient (Wildman–Crippen LogP) is 4.26. The van der Waals surface area contributed by atoms with Gasteiger partial charge in [-0.15, -0.1) is 0 Å². The Morgan fingerprint density at radius 2 is 1.92 bits per heavy atom. The number of aliphatic carboxylic acids is 1. The number of carboxylic acid groups (broad SMARTS) is 1. The van der Waals surface area contributed by atoms with Crippen LogP contribution in [0.2, 0.25) is 0 Å². The fourth-order valence-corrected chi connectivity index (χ4v) is 3.13. The number of rotatable bonds is 6. The number of aryl methyl sites for hydroxylation is 1. The van der Waals surface area contributed by atoms with E-state index >= 15 is 0 Å². The molecule has 0 radical (unpaired) electrons. The number of ether oxygens (including phenoxy) is 1. The van der Waals surface area contributed by atoms with E-state index in [1.807, 2.05) is 12.1 Å². The minimum absolute atomic E-state index is 0.000346. The zero-order valence-corrected chi connectivity index (χ0v) is 16.3. The Morgan fingerprint density at radius 1 is 1.15 bits per heavy atom. The van der Waals surface area contributed by atoms with Crippen LogP contribution < -0.4 is 4.74 Å². The van der Waals surface area contributed by atoms with Crippen molar-refractivity contribution in [2.45, 2.75) is 20.0 Å². The van der Waals surface area contributed by atoms with Crippen molar-refractivity contribution in [2.75, 3.05) is 0 Å². The van der Waals surface area contributed by atoms with Crippen LogP contribution in [0.25, 0.3) is 11.4 Å². The molecule has 0 spiro atoms. The summed E-state index contributed by atoms with van der Waals surface area (Å²) in [6.45, 7) is 2.50. The summed E-state index contributed by atoms with van der Waals surface area (Å²) in [6.07, 6.45) is 1.66. The smallest absolute Gasteiger partial charge is 0.307 e. The van der Waals surface area contributed by atoms with Crippen molar-refractivity contribution < 1.29 is 14.6 Å². The van der Waals surface area contributed by atoms with E-state index in [4.69, 9.17) is 9.84 Å². The summed E-state index contributed by atoms with van der Waals surface area (Å²) < 4.78 is 7.01. The van der Waals surface area contributed by atoms with Crippen molar-refractivity contribution in [1.29, 1.82) is 0 Å². The average Bonchev–Trinajstić information content (AvgIpc) is 2.61. The van der Waals surface area contributed by atoms with Gasteiger partial charge in [0.1, 0.15) is 6.61 Å². The lowest BCUT2D eigenvalue weighted by Crippen LogP contribution is -2.01. The van der Waals surface area contributed by atoms with Crippen LogP contribution in [0.4, 0.5) is 0 Å². The van der Waals surface area contributed by atoms with Crippen LogP contribution in [0.15, 0.2) is 54.7 Å². The summed E-state index contributed by atoms with van der Waals surface area (Å²) in [7, 11) is 0. The molecule has 2 aromatic carbocycles. The third-order valence-corrected chi connectivity index (χ3v) is 4.55. The Hall–Kier alpha value is -2.48. The van der Waals surface area contributed by atoms with Gasteiger partial charge in [-0.25, -0.2) is 4.98 Å². The first-order valence-electron chi connectivity index (χ1n) is 8.03. The zero-order chi connectivity index (χ0) is 18.5. The zero-order valence-electron chi connectivity index (χ0n) is 14.1. The first kappa shape index (κ1) is 18.3. The molecule has 5 nitrogen and oxygen atoms in total. The molecule has 0 aliphatic carbocycles. The molecule has 3 aromatic rings. The number of nitrogens with zero attached hydrogens (tertiary/aromatic N) is 2. The summed E-state index contributed by atoms with van der Waals surface area (Å²) in [5.41, 5.74) is 3.85. The van der Waals surface area contributed by atoms with Crippen LogP contribution in [0.1, 0.15) is 16.7 Å². The Balaban J connectivity index is 1.72. The third kappa shape index (κ3) is 4.78. The second kappa shape index (κ2) is 8.27. The maximum absolute atomic E-state index is 10.8. The molecule has 0 atom stereocenters. The molecule has 0 saturated carbocycles. The van der Waals surface area contributed by atoms with E-state index in [2.05, 4.69) is 57.7 Å². The van der Waals surface area contributed by atoms with Crippen LogP contribution in [0, 0.1) is 10.5 Å². The van der Waals surface area contributed by atoms with Gasteiger partial charge in [0, 0.05) is 21.4 Å². The number of hydrogen-bond acceptors (Lipinski definition) is 4. The van der Waals surface area contributed by atoms with Crippen molar-refractivity contribution >= 4 is 28.6 Å². The summed E-state index contributed by atoms with van der Waals surface area (Å²) in [5, 5.41) is 8.84. The molecule has 1 N–H and O–H groups in total. The van der Waals surface area contributed by atoms with Gasteiger partial charge in [-0.05, 0) is 58.3 Å². The van der Waals surface area contributed by atoms with Gasteiger partial charge in [0.25, 0.3) is 0 Å². The van der Waals surface area contributed by atoms with E-state index in [0.717, 1.165) is 16.7 Å². The van der Waals surface area contributed by atoms with Gasteiger partial charge < -0.3 is 9.84 Å². The first-order valence-corrected chi connectivity index (χ1v) is 9.11. The Morgan fingerprint density at radius 3 is 2.62 bits per heavy atom. The summed E-state index contributed by atoms with van der Waals surface area (Å²) in [5.74, 6) is 0.196. The van der Waals surface area contributed by atoms with Crippen molar-refractivity contribution in [3.63, 3.8) is 0 Å². The van der Waals surface area contributed by atoms with Gasteiger partial charge in [0.2, 0.25) is 5.88 Å². The van der Waals surface area contributed by atoms with Gasteiger partial charge in [-0.2, -0.15) is 4.98 Å². The van der Waals surface area contributed by atoms with Gasteiger partial charge >= 0.3 is 5.97 Å². The fourth-order valence-electron chi connectivity index (χ4n) is 2.48. The molecule has 0 fully saturated rings. The molecule has 0 bridgehead atoms. The standard InChI is InChI=1S/C20H17IN2O3/c1-13-10-17(21)7-6-16(13)12-26-18-8-9-22-20(23-18)15-4-2-14(3-5-15)11-19(24)25/h2-10H,11-12H2,1H3,(H,24,25). The Labute approximate surface area is 165 Å². The maximum Gasteiger partial charge on any atom is 0.307 e. The van der Waals surface area contributed by atoms with Crippen LogP contribution in [0.3, 0.4) is 0 Å². The van der Waals surface area contributed by atoms with Crippen LogP contribution >= 0.6 is 22.6 Å². The van der Waals surface area contributed by atoms with Crippen molar-refractivity contribution in [3.05, 3.63) is 75.0 Å². The minimum atomic E-state index is -0.852. The Kier molecular flexibility index (Phi) is 5.82. The summed E-state index contributed by atoms with van der Waals surface area (Å²) in [6, 6.07) is 15.1. The molecule has 0 aliphatic rings. The lowest BCUT2D eigenvalue weighted by atomic mass is 10.1. The highest BCUT2D eigenvalue weighted by molar-refractivity contribution is 14.1. The van der Waals surface area contributed by atoms with E-state index in [9.17, 15) is 4.79 Å². The van der Waals surface area contributed by atoms with E-state index in [0.29, 0.717) is 18.3 Å². The molecule has 0 amide bonds. The van der Waals surface area contributed by atoms with Crippen LogP contribution in [0.5, 0.6) is 5.88 Å². The lowest BCUT2D eigenvalue weighted by Gasteiger charge is -2.09. The molecule has 1 heterocycles. The molecule has 132 valence electrons. The minimum Gasteiger partial charge on any atom is -0.481 e.